The second-order valence-corrected chi connectivity index (χ2v) is 36.5. The van der Waals surface area contributed by atoms with E-state index >= 15 is 0 Å². The van der Waals surface area contributed by atoms with Crippen LogP contribution in [-0.4, -0.2) is 316 Å². The van der Waals surface area contributed by atoms with Gasteiger partial charge in [-0.05, 0) is 167 Å². The standard InChI is InChI=1S/C91H136N8O48/c100-56(92-84(29-5-58(102)94-86(35-11-64(108)109,36-12-65(110)111)37-13-66(112)113,30-6-59(103)95-87(38-14-67(114)115,39-15-68(116)117)40-16-69(118)119)31-7-60(104)96-88(41-17-70(120)121,42-18-71(122)123)43-19-72(124)125)3-1-53-146-82(144)55-83(145)147-54-2-4-57(101)93-85(32-8-61(105)97-89(44-20-73(126)127,45-21-74(128)129)46-22-75(130)131,33-9-62(106)98-90(47-23-76(132)133,48-24-77(134)135)49-25-78(136)137)34-10-63(107)99-91(50-26-79(138)139,51-27-80(140)141)52-28-81(142)143/h1-55H2,(H,92,100)(H,93,101)(H,94,102)(H,95,103)(H,96,104)(H,97,105)(H,98,106)(H,99,107)(H,108,109)(H,110,111)(H,112,113)(H,114,115)(H,116,117)(H,118,119)(H,120,121)(H,122,123)(H,124,125)(H,126,127)(H,128,129)(H,130,131)(H,132,133)(H,134,135)(H,136,137)(H,138,139)(H,140,141)(H,142,143). The van der Waals surface area contributed by atoms with Crippen molar-refractivity contribution >= 4 is 167 Å². The molecule has 0 aliphatic heterocycles. The van der Waals surface area contributed by atoms with Gasteiger partial charge in [-0.15, -0.1) is 0 Å². The third-order valence-electron chi connectivity index (χ3n) is 24.8. The smallest absolute Gasteiger partial charge is 0.317 e. The summed E-state index contributed by atoms with van der Waals surface area (Å²) in [7, 11) is 0. The number of carbonyl (C=O) groups is 28. The summed E-state index contributed by atoms with van der Waals surface area (Å²) in [6, 6.07) is 0. The first-order chi connectivity index (χ1) is 68.4. The van der Waals surface area contributed by atoms with E-state index < -0.39 is 564 Å². The molecule has 0 aromatic rings. The summed E-state index contributed by atoms with van der Waals surface area (Å²) in [6.45, 7) is -1.56. The Morgan fingerprint density at radius 1 is 0.136 bits per heavy atom. The summed E-state index contributed by atoms with van der Waals surface area (Å²) in [4.78, 5) is 359. The molecule has 0 bridgehead atoms. The van der Waals surface area contributed by atoms with Crippen molar-refractivity contribution in [2.24, 2.45) is 0 Å². The van der Waals surface area contributed by atoms with Gasteiger partial charge in [-0.2, -0.15) is 0 Å². The van der Waals surface area contributed by atoms with Crippen molar-refractivity contribution in [3.8, 4) is 0 Å². The molecule has 828 valence electrons. The number of hydrogen-bond donors (Lipinski definition) is 26. The van der Waals surface area contributed by atoms with Gasteiger partial charge in [0.05, 0.1) is 13.2 Å². The van der Waals surface area contributed by atoms with Crippen LogP contribution in [0.5, 0.6) is 0 Å². The van der Waals surface area contributed by atoms with Gasteiger partial charge in [-0.3, -0.25) is 134 Å². The largest absolute Gasteiger partial charge is 0.481 e. The fraction of sp³-hybridized carbons (Fsp3) is 0.692. The number of rotatable bonds is 90. The molecule has 8 amide bonds. The molecular formula is C91H136N8O48. The Labute approximate surface area is 839 Å². The average Bonchev–Trinajstić information content (AvgIpc) is 0.836. The molecule has 0 atom stereocenters. The van der Waals surface area contributed by atoms with Crippen molar-refractivity contribution in [2.45, 2.75) is 385 Å². The number of carboxylic acid groups (broad SMARTS) is 18. The van der Waals surface area contributed by atoms with Crippen LogP contribution >= 0.6 is 0 Å². The van der Waals surface area contributed by atoms with Crippen LogP contribution in [-0.2, 0) is 144 Å². The molecule has 0 fully saturated rings. The zero-order chi connectivity index (χ0) is 112. The number of carboxylic acids is 18. The van der Waals surface area contributed by atoms with Gasteiger partial charge in [0.25, 0.3) is 0 Å². The first kappa shape index (κ1) is 132. The summed E-state index contributed by atoms with van der Waals surface area (Å²) in [5.41, 5.74) is -16.0. The predicted octanol–water partition coefficient (Wildman–Crippen LogP) is 3.11. The number of carbonyl (C=O) groups excluding carboxylic acids is 10. The predicted molar refractivity (Wildman–Crippen MR) is 491 cm³/mol. The third kappa shape index (κ3) is 62.5. The zero-order valence-electron chi connectivity index (χ0n) is 81.2. The van der Waals surface area contributed by atoms with E-state index in [0.717, 1.165) is 0 Å². The summed E-state index contributed by atoms with van der Waals surface area (Å²) >= 11 is 0. The maximum absolute atomic E-state index is 14.6. The number of ether oxygens (including phenoxy) is 2. The highest BCUT2D eigenvalue weighted by molar-refractivity contribution is 5.91. The van der Waals surface area contributed by atoms with E-state index in [1.807, 2.05) is 0 Å². The van der Waals surface area contributed by atoms with Gasteiger partial charge in [0.15, 0.2) is 0 Å². The highest BCUT2D eigenvalue weighted by atomic mass is 16.6. The van der Waals surface area contributed by atoms with Crippen molar-refractivity contribution in [1.82, 2.24) is 42.5 Å². The van der Waals surface area contributed by atoms with Crippen LogP contribution < -0.4 is 42.5 Å². The number of aliphatic carboxylic acids is 18. The van der Waals surface area contributed by atoms with Crippen LogP contribution in [0.1, 0.15) is 340 Å². The molecule has 147 heavy (non-hydrogen) atoms. The second-order valence-electron chi connectivity index (χ2n) is 36.5. The van der Waals surface area contributed by atoms with Gasteiger partial charge < -0.3 is 144 Å². The summed E-state index contributed by atoms with van der Waals surface area (Å²) in [6.07, 6.45) is -39.1. The molecule has 56 heteroatoms. The molecule has 0 rings (SSSR count). The molecule has 0 radical (unpaired) electrons. The van der Waals surface area contributed by atoms with Crippen molar-refractivity contribution in [1.29, 1.82) is 0 Å². The van der Waals surface area contributed by atoms with Crippen molar-refractivity contribution < 1.29 is 236 Å². The van der Waals surface area contributed by atoms with Crippen LogP contribution in [0, 0.1) is 0 Å². The van der Waals surface area contributed by atoms with Crippen LogP contribution in [0.3, 0.4) is 0 Å². The topological polar surface area (TPSA) is 957 Å². The van der Waals surface area contributed by atoms with Crippen molar-refractivity contribution in [3.63, 3.8) is 0 Å². The molecule has 0 aromatic carbocycles. The molecular weight excluding hydrogens is 1970 g/mol. The highest BCUT2D eigenvalue weighted by Gasteiger charge is 2.45. The molecule has 0 spiro atoms. The highest BCUT2D eigenvalue weighted by Crippen LogP contribution is 2.37. The first-order valence-electron chi connectivity index (χ1n) is 47.1. The van der Waals surface area contributed by atoms with E-state index in [2.05, 4.69) is 42.5 Å². The number of esters is 2. The van der Waals surface area contributed by atoms with Gasteiger partial charge in [-0.25, -0.2) is 0 Å². The molecule has 56 nitrogen and oxygen atoms in total. The van der Waals surface area contributed by atoms with Crippen LogP contribution in [0.25, 0.3) is 0 Å². The van der Waals surface area contributed by atoms with E-state index in [0.29, 0.717) is 0 Å². The monoisotopic (exact) mass is 2110 g/mol. The molecule has 0 aliphatic carbocycles. The Hall–Kier alpha value is -14.8. The van der Waals surface area contributed by atoms with Crippen molar-refractivity contribution in [3.05, 3.63) is 0 Å². The zero-order valence-corrected chi connectivity index (χ0v) is 81.2. The molecule has 26 N–H and O–H groups in total. The van der Waals surface area contributed by atoms with Crippen LogP contribution in [0.15, 0.2) is 0 Å². The number of hydrogen-bond acceptors (Lipinski definition) is 30. The lowest BCUT2D eigenvalue weighted by Crippen LogP contribution is -2.54. The number of amides is 8. The normalized spacial score (nSPS) is 11.7. The lowest BCUT2D eigenvalue weighted by Gasteiger charge is -2.39. The van der Waals surface area contributed by atoms with E-state index in [9.17, 15) is 226 Å². The van der Waals surface area contributed by atoms with E-state index in [1.54, 1.807) is 0 Å². The first-order valence-corrected chi connectivity index (χ1v) is 47.1. The molecule has 0 aliphatic rings. The molecule has 0 saturated carbocycles. The lowest BCUT2D eigenvalue weighted by molar-refractivity contribution is -0.156. The van der Waals surface area contributed by atoms with Crippen LogP contribution in [0.4, 0.5) is 0 Å². The molecule has 0 saturated heterocycles. The number of nitrogens with one attached hydrogen (secondary N) is 8. The Kier molecular flexibility index (Phi) is 60.2. The quantitative estimate of drug-likeness (QED) is 0.0236. The SMILES string of the molecule is O=C(O)CCC(CCC(=O)O)(CCC(=O)O)NC(=O)CCC(CCC(=O)NC(CCC(=O)O)(CCC(=O)O)CCC(=O)O)(CCC(=O)NC(CCC(=O)O)(CCC(=O)O)CCC(=O)O)NC(=O)CCCOC(=O)CC(=O)OCCCC(=O)NC(CCC(=O)NC(CCC(=O)O)(CCC(=O)O)CCC(=O)O)(CCC(=O)NC(CCC(=O)O)(CCC(=O)O)CCC(=O)O)CCC(=O)NC(CCC(=O)O)(CCC(=O)O)CCC(=O)O. The summed E-state index contributed by atoms with van der Waals surface area (Å²) < 4.78 is 10.4. The molecule has 0 heterocycles. The maximum atomic E-state index is 14.6. The fourth-order valence-corrected chi connectivity index (χ4v) is 16.8. The second kappa shape index (κ2) is 67.0. The van der Waals surface area contributed by atoms with Gasteiger partial charge in [0, 0.05) is 211 Å². The minimum Gasteiger partial charge on any atom is -0.481 e. The average molecular weight is 2110 g/mol. The van der Waals surface area contributed by atoms with E-state index in [4.69, 9.17) is 9.47 Å². The van der Waals surface area contributed by atoms with Gasteiger partial charge in [0.2, 0.25) is 47.3 Å². The summed E-state index contributed by atoms with van der Waals surface area (Å²) in [5, 5.41) is 196. The maximum Gasteiger partial charge on any atom is 0.317 e. The van der Waals surface area contributed by atoms with Gasteiger partial charge in [-0.1, -0.05) is 0 Å². The van der Waals surface area contributed by atoms with Gasteiger partial charge >= 0.3 is 119 Å². The Morgan fingerprint density at radius 3 is 0.320 bits per heavy atom. The van der Waals surface area contributed by atoms with E-state index in [-0.39, 0.29) is 0 Å². The summed E-state index contributed by atoms with van der Waals surface area (Å²) in [5.74, 6) is -38.7. The van der Waals surface area contributed by atoms with E-state index in [1.165, 1.54) is 0 Å². The third-order valence-corrected chi connectivity index (χ3v) is 24.8. The Balaban J connectivity index is 8.48. The van der Waals surface area contributed by atoms with Crippen LogP contribution in [0.2, 0.25) is 0 Å². The van der Waals surface area contributed by atoms with Gasteiger partial charge in [0.1, 0.15) is 6.42 Å². The minimum atomic E-state index is -2.20. The molecule has 0 aromatic heterocycles. The Morgan fingerprint density at radius 2 is 0.224 bits per heavy atom. The minimum absolute atomic E-state index is 0.536. The molecule has 0 unspecified atom stereocenters. The lowest BCUT2D eigenvalue weighted by atomic mass is 9.80. The Bertz CT molecular complexity index is 3680. The van der Waals surface area contributed by atoms with Crippen molar-refractivity contribution in [2.75, 3.05) is 13.2 Å². The fourth-order valence-electron chi connectivity index (χ4n) is 16.8.